The van der Waals surface area contributed by atoms with Gasteiger partial charge in [0.2, 0.25) is 0 Å². The predicted octanol–water partition coefficient (Wildman–Crippen LogP) is 21.5. The van der Waals surface area contributed by atoms with Gasteiger partial charge >= 0.3 is 19.8 Å². The minimum atomic E-state index is -4.39. The number of esters is 2. The number of carbonyl (C=O) groups excluding carboxylic acids is 2. The van der Waals surface area contributed by atoms with E-state index in [0.29, 0.717) is 23.9 Å². The molecule has 0 bridgehead atoms. The van der Waals surface area contributed by atoms with Crippen LogP contribution in [0.25, 0.3) is 0 Å². The van der Waals surface area contributed by atoms with Crippen molar-refractivity contribution in [3.8, 4) is 0 Å². The number of phosphoric ester groups is 1. The first-order valence-electron chi connectivity index (χ1n) is 33.5. The second kappa shape index (κ2) is 61.5. The third-order valence-electron chi connectivity index (χ3n) is 14.4. The zero-order chi connectivity index (χ0) is 59.1. The first-order valence-corrected chi connectivity index (χ1v) is 35.0. The Morgan fingerprint density at radius 1 is 0.395 bits per heavy atom. The number of unbranched alkanes of at least 4 members (excludes halogenated alkanes) is 31. The second-order valence-corrected chi connectivity index (χ2v) is 24.9. The first-order chi connectivity index (χ1) is 39.5. The number of hydrogen-bond donors (Lipinski definition) is 1. The third kappa shape index (κ3) is 65.9. The molecule has 0 aliphatic rings. The van der Waals surface area contributed by atoms with Crippen LogP contribution in [0.15, 0.2) is 97.2 Å². The van der Waals surface area contributed by atoms with E-state index in [2.05, 4.69) is 111 Å². The summed E-state index contributed by atoms with van der Waals surface area (Å²) in [5, 5.41) is 0. The van der Waals surface area contributed by atoms with Crippen molar-refractivity contribution in [1.82, 2.24) is 0 Å². The van der Waals surface area contributed by atoms with Crippen molar-refractivity contribution >= 4 is 19.8 Å². The second-order valence-electron chi connectivity index (χ2n) is 23.5. The molecule has 0 aromatic carbocycles. The molecule has 2 atom stereocenters. The highest BCUT2D eigenvalue weighted by molar-refractivity contribution is 7.47. The summed E-state index contributed by atoms with van der Waals surface area (Å²) >= 11 is 0. The first kappa shape index (κ1) is 77.9. The van der Waals surface area contributed by atoms with Gasteiger partial charge in [0.25, 0.3) is 0 Å². The zero-order valence-corrected chi connectivity index (χ0v) is 54.1. The number of allylic oxidation sites excluding steroid dienone is 16. The van der Waals surface area contributed by atoms with Gasteiger partial charge in [0.1, 0.15) is 19.8 Å². The van der Waals surface area contributed by atoms with Crippen molar-refractivity contribution in [2.45, 2.75) is 296 Å². The molecule has 0 saturated heterocycles. The monoisotopic (exact) mass is 1150 g/mol. The molecule has 0 radical (unpaired) electrons. The van der Waals surface area contributed by atoms with Gasteiger partial charge in [0, 0.05) is 12.8 Å². The summed E-state index contributed by atoms with van der Waals surface area (Å²) in [7, 11) is 1.48. The SMILES string of the molecule is CC/C=C\C/C=C\C/C=C\C/C=C\C/C=C\C/C=C\C/C=C\C/C=C\CCCCCCCCCCCCCCC(=O)OC(COC(=O)CCCCCCCCCCCCCCCCCCCCCC)COP(=O)(O)OCC[N+](C)(C)C. The molecule has 2 unspecified atom stereocenters. The molecule has 468 valence electrons. The number of hydrogen-bond acceptors (Lipinski definition) is 7. The van der Waals surface area contributed by atoms with Crippen LogP contribution in [0.3, 0.4) is 0 Å². The summed E-state index contributed by atoms with van der Waals surface area (Å²) in [5.74, 6) is -0.791. The van der Waals surface area contributed by atoms with Gasteiger partial charge < -0.3 is 18.9 Å². The molecule has 0 rings (SSSR count). The summed E-state index contributed by atoms with van der Waals surface area (Å²) in [6.07, 6.45) is 85.0. The van der Waals surface area contributed by atoms with Crippen LogP contribution in [-0.4, -0.2) is 74.9 Å². The maximum absolute atomic E-state index is 12.9. The molecule has 10 heteroatoms. The smallest absolute Gasteiger partial charge is 0.462 e. The van der Waals surface area contributed by atoms with Crippen LogP contribution >= 0.6 is 7.82 Å². The Hall–Kier alpha value is -3.07. The molecule has 0 spiro atoms. The van der Waals surface area contributed by atoms with Gasteiger partial charge in [-0.05, 0) is 77.0 Å². The summed E-state index contributed by atoms with van der Waals surface area (Å²) in [6, 6.07) is 0. The molecule has 9 nitrogen and oxygen atoms in total. The Morgan fingerprint density at radius 3 is 1.05 bits per heavy atom. The lowest BCUT2D eigenvalue weighted by Gasteiger charge is -2.24. The summed E-state index contributed by atoms with van der Waals surface area (Å²) in [4.78, 5) is 35.8. The topological polar surface area (TPSA) is 108 Å². The molecule has 0 amide bonds. The van der Waals surface area contributed by atoms with Gasteiger partial charge in [-0.25, -0.2) is 4.57 Å². The number of phosphoric acid groups is 1. The van der Waals surface area contributed by atoms with E-state index in [1.165, 1.54) is 167 Å². The van der Waals surface area contributed by atoms with Gasteiger partial charge in [0.15, 0.2) is 6.10 Å². The Kier molecular flexibility index (Phi) is 59.2. The molecule has 0 heterocycles. The molecule has 0 saturated carbocycles. The largest absolute Gasteiger partial charge is 0.472 e. The molecule has 0 aromatic heterocycles. The number of quaternary nitrogens is 1. The van der Waals surface area contributed by atoms with E-state index in [-0.39, 0.29) is 25.6 Å². The highest BCUT2D eigenvalue weighted by Crippen LogP contribution is 2.43. The normalized spacial score (nSPS) is 13.8. The van der Waals surface area contributed by atoms with Crippen molar-refractivity contribution in [2.24, 2.45) is 0 Å². The fraction of sp³-hybridized carbons (Fsp3) is 0.746. The van der Waals surface area contributed by atoms with Crippen molar-refractivity contribution in [2.75, 3.05) is 47.5 Å². The summed E-state index contributed by atoms with van der Waals surface area (Å²) in [5.41, 5.74) is 0. The maximum Gasteiger partial charge on any atom is 0.472 e. The molecule has 0 aliphatic carbocycles. The fourth-order valence-electron chi connectivity index (χ4n) is 9.27. The van der Waals surface area contributed by atoms with Crippen LogP contribution in [0.1, 0.15) is 290 Å². The minimum Gasteiger partial charge on any atom is -0.462 e. The van der Waals surface area contributed by atoms with Gasteiger partial charge in [-0.3, -0.25) is 18.6 Å². The summed E-state index contributed by atoms with van der Waals surface area (Å²) < 4.78 is 34.7. The third-order valence-corrected chi connectivity index (χ3v) is 15.4. The lowest BCUT2D eigenvalue weighted by molar-refractivity contribution is -0.870. The molecular formula is C71H127NO8P+. The minimum absolute atomic E-state index is 0.0298. The van der Waals surface area contributed by atoms with E-state index in [0.717, 1.165) is 89.9 Å². The molecule has 0 aromatic rings. The van der Waals surface area contributed by atoms with Gasteiger partial charge in [-0.1, -0.05) is 297 Å². The Labute approximate surface area is 500 Å². The number of nitrogens with zero attached hydrogens (tertiary/aromatic N) is 1. The number of carbonyl (C=O) groups is 2. The van der Waals surface area contributed by atoms with Gasteiger partial charge in [0.05, 0.1) is 27.7 Å². The van der Waals surface area contributed by atoms with Crippen molar-refractivity contribution in [3.63, 3.8) is 0 Å². The average Bonchev–Trinajstić information content (AvgIpc) is 3.43. The van der Waals surface area contributed by atoms with E-state index in [9.17, 15) is 19.0 Å². The van der Waals surface area contributed by atoms with Crippen molar-refractivity contribution in [3.05, 3.63) is 97.2 Å². The van der Waals surface area contributed by atoms with Crippen LogP contribution < -0.4 is 0 Å². The lowest BCUT2D eigenvalue weighted by Crippen LogP contribution is -2.37. The van der Waals surface area contributed by atoms with Crippen LogP contribution in [0.5, 0.6) is 0 Å². The van der Waals surface area contributed by atoms with E-state index in [1.807, 2.05) is 21.1 Å². The maximum atomic E-state index is 12.9. The standard InChI is InChI=1S/C71H126NO8P/c1-6-8-10-12-14-16-18-20-22-24-26-28-29-30-31-32-33-34-35-36-37-38-39-40-41-42-43-44-46-48-50-52-54-56-58-60-62-64-71(74)80-69(68-79-81(75,76)78-66-65-72(3,4)5)67-77-70(73)63-61-59-57-55-53-51-49-47-45-27-25-23-21-19-17-15-13-11-9-7-2/h8,10,14,16,20,22,26,28,30-31,33-34,36-37,39-40,69H,6-7,9,11-13,15,17-19,21,23-25,27,29,32,35,38,41-68H2,1-5H3/p+1/b10-8-,16-14-,22-20-,28-26-,31-30-,34-33-,37-36-,40-39-. The molecule has 0 aliphatic heterocycles. The van der Waals surface area contributed by atoms with Gasteiger partial charge in [-0.15, -0.1) is 0 Å². The van der Waals surface area contributed by atoms with E-state index >= 15 is 0 Å². The van der Waals surface area contributed by atoms with E-state index in [1.54, 1.807) is 0 Å². The quantitative estimate of drug-likeness (QED) is 0.0211. The van der Waals surface area contributed by atoms with Crippen molar-refractivity contribution in [1.29, 1.82) is 0 Å². The predicted molar refractivity (Wildman–Crippen MR) is 348 cm³/mol. The van der Waals surface area contributed by atoms with Gasteiger partial charge in [-0.2, -0.15) is 0 Å². The number of ether oxygens (including phenoxy) is 2. The zero-order valence-electron chi connectivity index (χ0n) is 53.2. The molecule has 0 fully saturated rings. The lowest BCUT2D eigenvalue weighted by atomic mass is 10.0. The van der Waals surface area contributed by atoms with E-state index in [4.69, 9.17) is 18.5 Å². The van der Waals surface area contributed by atoms with Crippen LogP contribution in [0.4, 0.5) is 0 Å². The van der Waals surface area contributed by atoms with Crippen LogP contribution in [0, 0.1) is 0 Å². The Balaban J connectivity index is 4.07. The fourth-order valence-corrected chi connectivity index (χ4v) is 10.0. The van der Waals surface area contributed by atoms with Crippen molar-refractivity contribution < 1.29 is 42.1 Å². The highest BCUT2D eigenvalue weighted by atomic mass is 31.2. The average molecular weight is 1150 g/mol. The van der Waals surface area contributed by atoms with Crippen LogP contribution in [0.2, 0.25) is 0 Å². The molecule has 1 N–H and O–H groups in total. The molecular weight excluding hydrogens is 1030 g/mol. The summed E-state index contributed by atoms with van der Waals surface area (Å²) in [6.45, 7) is 4.35. The van der Waals surface area contributed by atoms with Crippen LogP contribution in [-0.2, 0) is 32.7 Å². The Morgan fingerprint density at radius 2 is 0.704 bits per heavy atom. The Bertz CT molecular complexity index is 1690. The molecule has 81 heavy (non-hydrogen) atoms. The number of likely N-dealkylation sites (N-methyl/N-ethyl adjacent to an activating group) is 1. The number of rotatable bonds is 61. The highest BCUT2D eigenvalue weighted by Gasteiger charge is 2.27. The van der Waals surface area contributed by atoms with E-state index < -0.39 is 26.5 Å².